The second-order valence-corrected chi connectivity index (χ2v) is 5.93. The number of rotatable bonds is 0. The van der Waals surface area contributed by atoms with Crippen LogP contribution in [0.1, 0.15) is 47.0 Å². The summed E-state index contributed by atoms with van der Waals surface area (Å²) in [6.07, 6.45) is 5.63. The van der Waals surface area contributed by atoms with Gasteiger partial charge in [0.2, 0.25) is 0 Å². The third kappa shape index (κ3) is 1.98. The van der Waals surface area contributed by atoms with Gasteiger partial charge in [-0.3, -0.25) is 0 Å². The Labute approximate surface area is 99.3 Å². The van der Waals surface area contributed by atoms with Crippen LogP contribution in [-0.2, 0) is 0 Å². The van der Waals surface area contributed by atoms with Crippen LogP contribution in [0.15, 0.2) is 22.8 Å². The van der Waals surface area contributed by atoms with E-state index >= 15 is 0 Å². The van der Waals surface area contributed by atoms with Crippen molar-refractivity contribution in [2.45, 2.75) is 53.1 Å². The van der Waals surface area contributed by atoms with Crippen molar-refractivity contribution in [3.05, 3.63) is 22.8 Å². The van der Waals surface area contributed by atoms with Gasteiger partial charge in [-0.15, -0.1) is 0 Å². The Bertz CT molecular complexity index is 333. The van der Waals surface area contributed by atoms with Crippen molar-refractivity contribution in [3.63, 3.8) is 0 Å². The quantitative estimate of drug-likeness (QED) is 0.617. The summed E-state index contributed by atoms with van der Waals surface area (Å²) in [5.74, 6) is 1.63. The highest BCUT2D eigenvalue weighted by molar-refractivity contribution is 5.27. The molecule has 4 atom stereocenters. The van der Waals surface area contributed by atoms with E-state index in [4.69, 9.17) is 0 Å². The lowest BCUT2D eigenvalue weighted by Gasteiger charge is -2.43. The molecule has 0 unspecified atom stereocenters. The lowest BCUT2D eigenvalue weighted by Crippen LogP contribution is -2.39. The standard InChI is InChI=1S/C15H24O/c1-9(2)12-6-5-11(4)15-13(12)7-10(3)8-14(15)16/h7,11,13-16H,5-6,8H2,1-4H3/t11-,13-,14-,15+/m0/s1. The molecule has 1 fully saturated rings. The minimum atomic E-state index is -0.125. The lowest BCUT2D eigenvalue weighted by atomic mass is 9.63. The Morgan fingerprint density at radius 1 is 1.38 bits per heavy atom. The Balaban J connectivity index is 2.39. The number of aliphatic hydroxyl groups is 1. The maximum atomic E-state index is 10.3. The number of hydrogen-bond acceptors (Lipinski definition) is 1. The summed E-state index contributed by atoms with van der Waals surface area (Å²) in [5, 5.41) is 10.3. The molecule has 16 heavy (non-hydrogen) atoms. The second kappa shape index (κ2) is 4.37. The van der Waals surface area contributed by atoms with Gasteiger partial charge in [-0.2, -0.15) is 0 Å². The molecule has 0 radical (unpaired) electrons. The molecule has 2 rings (SSSR count). The molecule has 1 nitrogen and oxygen atoms in total. The Morgan fingerprint density at radius 2 is 2.06 bits per heavy atom. The summed E-state index contributed by atoms with van der Waals surface area (Å²) in [5.41, 5.74) is 4.41. The van der Waals surface area contributed by atoms with Crippen LogP contribution in [-0.4, -0.2) is 11.2 Å². The zero-order chi connectivity index (χ0) is 11.9. The Morgan fingerprint density at radius 3 is 2.69 bits per heavy atom. The third-order valence-electron chi connectivity index (χ3n) is 4.42. The molecule has 0 spiro atoms. The highest BCUT2D eigenvalue weighted by atomic mass is 16.3. The van der Waals surface area contributed by atoms with Crippen molar-refractivity contribution >= 4 is 0 Å². The fourth-order valence-corrected chi connectivity index (χ4v) is 3.58. The SMILES string of the molecule is CC1=C[C@H]2C(=C(C)C)CC[C@H](C)[C@H]2[C@@H](O)C1. The van der Waals surface area contributed by atoms with Crippen molar-refractivity contribution < 1.29 is 5.11 Å². The minimum Gasteiger partial charge on any atom is -0.392 e. The summed E-state index contributed by atoms with van der Waals surface area (Å²) in [6, 6.07) is 0. The minimum absolute atomic E-state index is 0.125. The fraction of sp³-hybridized carbons (Fsp3) is 0.733. The molecule has 1 saturated carbocycles. The topological polar surface area (TPSA) is 20.2 Å². The predicted molar refractivity (Wildman–Crippen MR) is 68.1 cm³/mol. The smallest absolute Gasteiger partial charge is 0.0616 e. The van der Waals surface area contributed by atoms with E-state index in [-0.39, 0.29) is 6.10 Å². The molecule has 0 saturated heterocycles. The molecular weight excluding hydrogens is 196 g/mol. The van der Waals surface area contributed by atoms with E-state index in [1.807, 2.05) is 0 Å². The van der Waals surface area contributed by atoms with E-state index in [1.54, 1.807) is 5.57 Å². The average Bonchev–Trinajstić information content (AvgIpc) is 2.15. The first kappa shape index (κ1) is 11.9. The van der Waals surface area contributed by atoms with E-state index in [0.29, 0.717) is 17.8 Å². The van der Waals surface area contributed by atoms with E-state index in [9.17, 15) is 5.11 Å². The highest BCUT2D eigenvalue weighted by Gasteiger charge is 2.39. The van der Waals surface area contributed by atoms with Gasteiger partial charge in [0.15, 0.2) is 0 Å². The van der Waals surface area contributed by atoms with Gasteiger partial charge in [0, 0.05) is 5.92 Å². The molecule has 90 valence electrons. The van der Waals surface area contributed by atoms with Gasteiger partial charge in [0.1, 0.15) is 0 Å². The Hall–Kier alpha value is -0.560. The van der Waals surface area contributed by atoms with E-state index in [2.05, 4.69) is 33.8 Å². The van der Waals surface area contributed by atoms with Crippen molar-refractivity contribution in [1.82, 2.24) is 0 Å². The Kier molecular flexibility index (Phi) is 3.25. The number of aliphatic hydroxyl groups excluding tert-OH is 1. The van der Waals surface area contributed by atoms with E-state index in [1.165, 1.54) is 24.0 Å². The van der Waals surface area contributed by atoms with Crippen molar-refractivity contribution in [2.24, 2.45) is 17.8 Å². The van der Waals surface area contributed by atoms with Crippen LogP contribution >= 0.6 is 0 Å². The summed E-state index contributed by atoms with van der Waals surface area (Å²) in [4.78, 5) is 0. The zero-order valence-electron chi connectivity index (χ0n) is 11.0. The fourth-order valence-electron chi connectivity index (χ4n) is 3.58. The van der Waals surface area contributed by atoms with Gasteiger partial charge >= 0.3 is 0 Å². The molecule has 0 aromatic rings. The molecule has 2 aliphatic carbocycles. The first-order valence-electron chi connectivity index (χ1n) is 6.52. The molecule has 0 amide bonds. The normalized spacial score (nSPS) is 39.1. The maximum Gasteiger partial charge on any atom is 0.0616 e. The largest absolute Gasteiger partial charge is 0.392 e. The van der Waals surface area contributed by atoms with Crippen molar-refractivity contribution in [1.29, 1.82) is 0 Å². The van der Waals surface area contributed by atoms with Gasteiger partial charge < -0.3 is 5.11 Å². The molecule has 0 aliphatic heterocycles. The van der Waals surface area contributed by atoms with Gasteiger partial charge in [-0.05, 0) is 51.9 Å². The molecular formula is C15H24O. The number of fused-ring (bicyclic) bond motifs is 1. The van der Waals surface area contributed by atoms with Crippen LogP contribution in [0.25, 0.3) is 0 Å². The van der Waals surface area contributed by atoms with Crippen LogP contribution < -0.4 is 0 Å². The molecule has 0 aromatic carbocycles. The van der Waals surface area contributed by atoms with Crippen LogP contribution in [0.3, 0.4) is 0 Å². The first-order valence-corrected chi connectivity index (χ1v) is 6.52. The van der Waals surface area contributed by atoms with Crippen LogP contribution in [0.5, 0.6) is 0 Å². The predicted octanol–water partition coefficient (Wildman–Crippen LogP) is 3.70. The summed E-state index contributed by atoms with van der Waals surface area (Å²) < 4.78 is 0. The third-order valence-corrected chi connectivity index (χ3v) is 4.42. The van der Waals surface area contributed by atoms with E-state index < -0.39 is 0 Å². The monoisotopic (exact) mass is 220 g/mol. The van der Waals surface area contributed by atoms with Crippen molar-refractivity contribution in [2.75, 3.05) is 0 Å². The van der Waals surface area contributed by atoms with Gasteiger partial charge in [0.25, 0.3) is 0 Å². The molecule has 1 N–H and O–H groups in total. The number of hydrogen-bond donors (Lipinski definition) is 1. The number of allylic oxidation sites excluding steroid dienone is 3. The maximum absolute atomic E-state index is 10.3. The summed E-state index contributed by atoms with van der Waals surface area (Å²) in [7, 11) is 0. The van der Waals surface area contributed by atoms with Gasteiger partial charge in [-0.1, -0.05) is 29.7 Å². The molecule has 0 aromatic heterocycles. The molecule has 2 aliphatic rings. The molecule has 0 bridgehead atoms. The average molecular weight is 220 g/mol. The summed E-state index contributed by atoms with van der Waals surface area (Å²) in [6.45, 7) is 8.89. The first-order chi connectivity index (χ1) is 7.50. The van der Waals surface area contributed by atoms with Gasteiger partial charge in [0.05, 0.1) is 6.10 Å². The van der Waals surface area contributed by atoms with Crippen molar-refractivity contribution in [3.8, 4) is 0 Å². The van der Waals surface area contributed by atoms with Crippen LogP contribution in [0.4, 0.5) is 0 Å². The molecule has 0 heterocycles. The summed E-state index contributed by atoms with van der Waals surface area (Å²) >= 11 is 0. The van der Waals surface area contributed by atoms with Crippen LogP contribution in [0.2, 0.25) is 0 Å². The van der Waals surface area contributed by atoms with Crippen LogP contribution in [0, 0.1) is 17.8 Å². The zero-order valence-corrected chi connectivity index (χ0v) is 11.0. The highest BCUT2D eigenvalue weighted by Crippen LogP contribution is 2.46. The van der Waals surface area contributed by atoms with Gasteiger partial charge in [-0.25, -0.2) is 0 Å². The molecule has 1 heteroatoms. The second-order valence-electron chi connectivity index (χ2n) is 5.93. The van der Waals surface area contributed by atoms with E-state index in [0.717, 1.165) is 6.42 Å². The lowest BCUT2D eigenvalue weighted by molar-refractivity contribution is 0.0382.